The van der Waals surface area contributed by atoms with Crippen LogP contribution in [-0.2, 0) is 4.79 Å². The topological polar surface area (TPSA) is 46.2 Å². The van der Waals surface area contributed by atoms with Gasteiger partial charge in [0.1, 0.15) is 0 Å². The summed E-state index contributed by atoms with van der Waals surface area (Å²) in [5.74, 6) is -1.56. The summed E-state index contributed by atoms with van der Waals surface area (Å²) >= 11 is 0. The number of hydrogen-bond donors (Lipinski definition) is 1. The molecule has 0 atom stereocenters. The predicted octanol–water partition coefficient (Wildman–Crippen LogP) is 1.84. The maximum atomic E-state index is 13.8. The van der Waals surface area contributed by atoms with Crippen LogP contribution in [0.2, 0.25) is 0 Å². The van der Waals surface area contributed by atoms with E-state index in [4.69, 9.17) is 0 Å². The van der Waals surface area contributed by atoms with Gasteiger partial charge in [0.2, 0.25) is 0 Å². The number of carbonyl (C=O) groups excluding carboxylic acids is 2. The van der Waals surface area contributed by atoms with Crippen LogP contribution in [0.1, 0.15) is 34.7 Å². The van der Waals surface area contributed by atoms with E-state index in [9.17, 15) is 14.0 Å². The molecule has 3 nitrogen and oxygen atoms in total. The molecular weight excluding hydrogens is 197 g/mol. The van der Waals surface area contributed by atoms with Crippen LogP contribution < -0.4 is 5.32 Å². The standard InChI is InChI=1S/C11H8FNO2/c12-8-6(5-1-2-5)3-4-7-9(8)13-11(15)10(7)14/h3-5H,1-2H2,(H,13,14,15). The number of fused-ring (bicyclic) bond motifs is 1. The lowest BCUT2D eigenvalue weighted by Gasteiger charge is -2.04. The van der Waals surface area contributed by atoms with E-state index >= 15 is 0 Å². The molecule has 76 valence electrons. The summed E-state index contributed by atoms with van der Waals surface area (Å²) in [6.07, 6.45) is 1.97. The quantitative estimate of drug-likeness (QED) is 0.711. The first-order chi connectivity index (χ1) is 7.18. The van der Waals surface area contributed by atoms with E-state index in [0.29, 0.717) is 5.56 Å². The van der Waals surface area contributed by atoms with Gasteiger partial charge in [-0.2, -0.15) is 0 Å². The van der Waals surface area contributed by atoms with Crippen molar-refractivity contribution in [1.82, 2.24) is 0 Å². The Labute approximate surface area is 85.3 Å². The van der Waals surface area contributed by atoms with Crippen molar-refractivity contribution in [3.8, 4) is 0 Å². The minimum atomic E-state index is -0.739. The van der Waals surface area contributed by atoms with Gasteiger partial charge in [0.25, 0.3) is 11.7 Å². The number of amides is 1. The van der Waals surface area contributed by atoms with Crippen molar-refractivity contribution in [2.24, 2.45) is 0 Å². The summed E-state index contributed by atoms with van der Waals surface area (Å²) in [5.41, 5.74) is 0.833. The van der Waals surface area contributed by atoms with Crippen LogP contribution in [0.15, 0.2) is 12.1 Å². The minimum Gasteiger partial charge on any atom is -0.316 e. The van der Waals surface area contributed by atoms with Crippen LogP contribution in [-0.4, -0.2) is 11.7 Å². The average Bonchev–Trinajstić information content (AvgIpc) is 2.99. The van der Waals surface area contributed by atoms with Gasteiger partial charge in [-0.05, 0) is 30.4 Å². The molecule has 1 amide bonds. The summed E-state index contributed by atoms with van der Waals surface area (Å²) in [6.45, 7) is 0. The molecule has 4 heteroatoms. The molecule has 1 heterocycles. The molecule has 1 aliphatic heterocycles. The van der Waals surface area contributed by atoms with Gasteiger partial charge < -0.3 is 5.32 Å². The van der Waals surface area contributed by atoms with Crippen molar-refractivity contribution < 1.29 is 14.0 Å². The third-order valence-corrected chi connectivity index (χ3v) is 2.88. The maximum absolute atomic E-state index is 13.8. The number of ketones is 1. The number of nitrogens with one attached hydrogen (secondary N) is 1. The third-order valence-electron chi connectivity index (χ3n) is 2.88. The number of rotatable bonds is 1. The molecule has 3 rings (SSSR count). The zero-order valence-corrected chi connectivity index (χ0v) is 7.84. The number of carbonyl (C=O) groups is 2. The maximum Gasteiger partial charge on any atom is 0.296 e. The van der Waals surface area contributed by atoms with E-state index in [-0.39, 0.29) is 17.2 Å². The lowest BCUT2D eigenvalue weighted by molar-refractivity contribution is -0.112. The molecule has 15 heavy (non-hydrogen) atoms. The number of hydrogen-bond acceptors (Lipinski definition) is 2. The van der Waals surface area contributed by atoms with Crippen LogP contribution in [0.5, 0.6) is 0 Å². The summed E-state index contributed by atoms with van der Waals surface area (Å²) in [7, 11) is 0. The molecule has 0 unspecified atom stereocenters. The molecule has 2 aliphatic rings. The van der Waals surface area contributed by atoms with Crippen LogP contribution in [0.3, 0.4) is 0 Å². The van der Waals surface area contributed by atoms with E-state index in [1.54, 1.807) is 6.07 Å². The normalized spacial score (nSPS) is 19.0. The van der Waals surface area contributed by atoms with Crippen molar-refractivity contribution in [3.05, 3.63) is 29.1 Å². The van der Waals surface area contributed by atoms with Crippen molar-refractivity contribution in [2.45, 2.75) is 18.8 Å². The van der Waals surface area contributed by atoms with E-state index in [1.165, 1.54) is 6.07 Å². The monoisotopic (exact) mass is 205 g/mol. The Morgan fingerprint density at radius 3 is 2.67 bits per heavy atom. The second-order valence-corrected chi connectivity index (χ2v) is 3.95. The Morgan fingerprint density at radius 2 is 2.00 bits per heavy atom. The molecule has 0 radical (unpaired) electrons. The molecule has 0 spiro atoms. The molecule has 1 fully saturated rings. The van der Waals surface area contributed by atoms with Crippen LogP contribution >= 0.6 is 0 Å². The van der Waals surface area contributed by atoms with Crippen molar-refractivity contribution in [1.29, 1.82) is 0 Å². The van der Waals surface area contributed by atoms with Crippen LogP contribution in [0, 0.1) is 5.82 Å². The average molecular weight is 205 g/mol. The molecule has 1 aliphatic carbocycles. The highest BCUT2D eigenvalue weighted by Crippen LogP contribution is 2.43. The summed E-state index contributed by atoms with van der Waals surface area (Å²) in [4.78, 5) is 22.3. The van der Waals surface area contributed by atoms with E-state index in [0.717, 1.165) is 12.8 Å². The molecule has 0 saturated heterocycles. The van der Waals surface area contributed by atoms with E-state index < -0.39 is 17.5 Å². The molecule has 1 N–H and O–H groups in total. The van der Waals surface area contributed by atoms with Crippen molar-refractivity contribution >= 4 is 17.4 Å². The second kappa shape index (κ2) is 2.66. The largest absolute Gasteiger partial charge is 0.316 e. The second-order valence-electron chi connectivity index (χ2n) is 3.95. The number of anilines is 1. The van der Waals surface area contributed by atoms with Crippen LogP contribution in [0.25, 0.3) is 0 Å². The Balaban J connectivity index is 2.18. The minimum absolute atomic E-state index is 0.0643. The zero-order chi connectivity index (χ0) is 10.6. The summed E-state index contributed by atoms with van der Waals surface area (Å²) in [6, 6.07) is 3.15. The number of Topliss-reactive ketones (excluding diaryl/α,β-unsaturated/α-hetero) is 1. The van der Waals surface area contributed by atoms with E-state index in [1.807, 2.05) is 0 Å². The van der Waals surface area contributed by atoms with Gasteiger partial charge in [0.15, 0.2) is 5.82 Å². The Kier molecular flexibility index (Phi) is 1.52. The first-order valence-corrected chi connectivity index (χ1v) is 4.86. The first-order valence-electron chi connectivity index (χ1n) is 4.86. The molecule has 1 aromatic rings. The lowest BCUT2D eigenvalue weighted by Crippen LogP contribution is -2.12. The SMILES string of the molecule is O=C1Nc2c(ccc(C3CC3)c2F)C1=O. The number of halogens is 1. The van der Waals surface area contributed by atoms with Gasteiger partial charge in [-0.1, -0.05) is 6.07 Å². The predicted molar refractivity (Wildman–Crippen MR) is 51.3 cm³/mol. The molecule has 0 bridgehead atoms. The fourth-order valence-electron chi connectivity index (χ4n) is 1.91. The van der Waals surface area contributed by atoms with E-state index in [2.05, 4.69) is 5.32 Å². The van der Waals surface area contributed by atoms with Gasteiger partial charge in [0.05, 0.1) is 11.3 Å². The molecule has 1 saturated carbocycles. The molecule has 0 aromatic heterocycles. The summed E-state index contributed by atoms with van der Waals surface area (Å²) < 4.78 is 13.8. The lowest BCUT2D eigenvalue weighted by atomic mass is 10.0. The van der Waals surface area contributed by atoms with Crippen LogP contribution in [0.4, 0.5) is 10.1 Å². The Morgan fingerprint density at radius 1 is 1.27 bits per heavy atom. The van der Waals surface area contributed by atoms with Crippen molar-refractivity contribution in [2.75, 3.05) is 5.32 Å². The van der Waals surface area contributed by atoms with Crippen molar-refractivity contribution in [3.63, 3.8) is 0 Å². The third kappa shape index (κ3) is 1.11. The summed E-state index contributed by atoms with van der Waals surface area (Å²) in [5, 5.41) is 2.28. The molecular formula is C11H8FNO2. The Bertz CT molecular complexity index is 492. The van der Waals surface area contributed by atoms with Gasteiger partial charge in [-0.25, -0.2) is 4.39 Å². The number of benzene rings is 1. The van der Waals surface area contributed by atoms with Gasteiger partial charge >= 0.3 is 0 Å². The highest BCUT2D eigenvalue weighted by atomic mass is 19.1. The first kappa shape index (κ1) is 8.59. The Hall–Kier alpha value is -1.71. The molecule has 1 aromatic carbocycles. The van der Waals surface area contributed by atoms with Gasteiger partial charge in [0, 0.05) is 0 Å². The smallest absolute Gasteiger partial charge is 0.296 e. The highest BCUT2D eigenvalue weighted by molar-refractivity contribution is 6.51. The fraction of sp³-hybridized carbons (Fsp3) is 0.273. The highest BCUT2D eigenvalue weighted by Gasteiger charge is 2.34. The van der Waals surface area contributed by atoms with Gasteiger partial charge in [-0.15, -0.1) is 0 Å². The van der Waals surface area contributed by atoms with Gasteiger partial charge in [-0.3, -0.25) is 9.59 Å². The zero-order valence-electron chi connectivity index (χ0n) is 7.84. The fourth-order valence-corrected chi connectivity index (χ4v) is 1.91.